The van der Waals surface area contributed by atoms with Crippen molar-refractivity contribution < 1.29 is 9.53 Å². The summed E-state index contributed by atoms with van der Waals surface area (Å²) in [6.07, 6.45) is 2.49. The molecule has 1 fully saturated rings. The minimum atomic E-state index is -0.0183. The standard InChI is InChI=1S/C12H14BrNO2/c1-16-11-5-4-9(6-10(11)13)12(15)14-7-8-2-3-8/h4-6,8H,2-3,7H2,1H3,(H,14,15). The number of benzene rings is 1. The lowest BCUT2D eigenvalue weighted by molar-refractivity contribution is 0.0951. The highest BCUT2D eigenvalue weighted by Crippen LogP contribution is 2.28. The van der Waals surface area contributed by atoms with Gasteiger partial charge < -0.3 is 10.1 Å². The van der Waals surface area contributed by atoms with E-state index in [-0.39, 0.29) is 5.91 Å². The number of carbonyl (C=O) groups excluding carboxylic acids is 1. The van der Waals surface area contributed by atoms with E-state index in [0.29, 0.717) is 11.5 Å². The first-order chi connectivity index (χ1) is 7.70. The molecule has 86 valence electrons. The summed E-state index contributed by atoms with van der Waals surface area (Å²) in [4.78, 5) is 11.8. The van der Waals surface area contributed by atoms with E-state index < -0.39 is 0 Å². The van der Waals surface area contributed by atoms with E-state index in [9.17, 15) is 4.79 Å². The maximum Gasteiger partial charge on any atom is 0.251 e. The summed E-state index contributed by atoms with van der Waals surface area (Å²) >= 11 is 3.36. The number of halogens is 1. The second-order valence-electron chi connectivity index (χ2n) is 4.00. The van der Waals surface area contributed by atoms with Crippen molar-refractivity contribution in [1.29, 1.82) is 0 Å². The minimum absolute atomic E-state index is 0.0183. The lowest BCUT2D eigenvalue weighted by Gasteiger charge is -2.07. The van der Waals surface area contributed by atoms with Crippen molar-refractivity contribution in [3.05, 3.63) is 28.2 Å². The maximum absolute atomic E-state index is 11.8. The Morgan fingerprint density at radius 2 is 2.31 bits per heavy atom. The zero-order valence-electron chi connectivity index (χ0n) is 9.13. The van der Waals surface area contributed by atoms with E-state index in [1.54, 1.807) is 25.3 Å². The molecule has 1 aromatic carbocycles. The van der Waals surface area contributed by atoms with E-state index in [2.05, 4.69) is 21.2 Å². The third-order valence-electron chi connectivity index (χ3n) is 2.66. The summed E-state index contributed by atoms with van der Waals surface area (Å²) in [6, 6.07) is 5.34. The molecule has 1 aromatic rings. The molecule has 0 aliphatic heterocycles. The van der Waals surface area contributed by atoms with Crippen LogP contribution in [-0.4, -0.2) is 19.6 Å². The van der Waals surface area contributed by atoms with Gasteiger partial charge >= 0.3 is 0 Å². The van der Waals surface area contributed by atoms with Gasteiger partial charge in [0.2, 0.25) is 0 Å². The molecule has 0 spiro atoms. The Labute approximate surface area is 103 Å². The zero-order chi connectivity index (χ0) is 11.5. The van der Waals surface area contributed by atoms with Gasteiger partial charge in [0.1, 0.15) is 5.75 Å². The summed E-state index contributed by atoms with van der Waals surface area (Å²) in [5.41, 5.74) is 0.660. The number of amides is 1. The molecule has 0 unspecified atom stereocenters. The molecule has 0 saturated heterocycles. The van der Waals surface area contributed by atoms with Crippen LogP contribution in [0, 0.1) is 5.92 Å². The molecule has 0 radical (unpaired) electrons. The topological polar surface area (TPSA) is 38.3 Å². The molecule has 0 heterocycles. The molecule has 1 saturated carbocycles. The molecule has 1 N–H and O–H groups in total. The van der Waals surface area contributed by atoms with Crippen LogP contribution >= 0.6 is 15.9 Å². The van der Waals surface area contributed by atoms with Gasteiger partial charge in [0, 0.05) is 12.1 Å². The first-order valence-corrected chi connectivity index (χ1v) is 6.11. The second-order valence-corrected chi connectivity index (χ2v) is 4.86. The predicted octanol–water partition coefficient (Wildman–Crippen LogP) is 2.60. The number of ether oxygens (including phenoxy) is 1. The van der Waals surface area contributed by atoms with Gasteiger partial charge in [-0.15, -0.1) is 0 Å². The smallest absolute Gasteiger partial charge is 0.251 e. The molecule has 3 nitrogen and oxygen atoms in total. The molecule has 0 bridgehead atoms. The van der Waals surface area contributed by atoms with Gasteiger partial charge in [-0.05, 0) is 52.9 Å². The summed E-state index contributed by atoms with van der Waals surface area (Å²) in [5, 5.41) is 2.92. The van der Waals surface area contributed by atoms with Crippen LogP contribution in [0.4, 0.5) is 0 Å². The molecule has 1 aliphatic rings. The van der Waals surface area contributed by atoms with Crippen molar-refractivity contribution in [2.24, 2.45) is 5.92 Å². The normalized spacial score (nSPS) is 14.6. The minimum Gasteiger partial charge on any atom is -0.496 e. The van der Waals surface area contributed by atoms with Gasteiger partial charge in [-0.25, -0.2) is 0 Å². The summed E-state index contributed by atoms with van der Waals surface area (Å²) in [6.45, 7) is 0.794. The molecular formula is C12H14BrNO2. The molecule has 16 heavy (non-hydrogen) atoms. The zero-order valence-corrected chi connectivity index (χ0v) is 10.7. The van der Waals surface area contributed by atoms with Crippen molar-refractivity contribution in [1.82, 2.24) is 5.32 Å². The van der Waals surface area contributed by atoms with E-state index in [4.69, 9.17) is 4.74 Å². The van der Waals surface area contributed by atoms with Crippen molar-refractivity contribution in [2.45, 2.75) is 12.8 Å². The molecule has 4 heteroatoms. The largest absolute Gasteiger partial charge is 0.496 e. The van der Waals surface area contributed by atoms with Crippen LogP contribution < -0.4 is 10.1 Å². The fraction of sp³-hybridized carbons (Fsp3) is 0.417. The van der Waals surface area contributed by atoms with Gasteiger partial charge in [-0.2, -0.15) is 0 Å². The van der Waals surface area contributed by atoms with E-state index in [0.717, 1.165) is 16.8 Å². The van der Waals surface area contributed by atoms with Gasteiger partial charge in [0.05, 0.1) is 11.6 Å². The molecule has 1 aliphatic carbocycles. The Balaban J connectivity index is 2.01. The Morgan fingerprint density at radius 1 is 1.56 bits per heavy atom. The van der Waals surface area contributed by atoms with E-state index in [1.165, 1.54) is 12.8 Å². The van der Waals surface area contributed by atoms with Gasteiger partial charge in [-0.1, -0.05) is 0 Å². The number of nitrogens with one attached hydrogen (secondary N) is 1. The Hall–Kier alpha value is -1.03. The van der Waals surface area contributed by atoms with Crippen LogP contribution in [0.1, 0.15) is 23.2 Å². The highest BCUT2D eigenvalue weighted by molar-refractivity contribution is 9.10. The monoisotopic (exact) mass is 283 g/mol. The highest BCUT2D eigenvalue weighted by atomic mass is 79.9. The Kier molecular flexibility index (Phi) is 3.49. The third-order valence-corrected chi connectivity index (χ3v) is 3.28. The van der Waals surface area contributed by atoms with Gasteiger partial charge in [0.15, 0.2) is 0 Å². The summed E-state index contributed by atoms with van der Waals surface area (Å²) < 4.78 is 5.91. The lowest BCUT2D eigenvalue weighted by atomic mass is 10.2. The molecule has 1 amide bonds. The number of methoxy groups -OCH3 is 1. The molecule has 0 atom stereocenters. The maximum atomic E-state index is 11.8. The van der Waals surface area contributed by atoms with Gasteiger partial charge in [0.25, 0.3) is 5.91 Å². The third kappa shape index (κ3) is 2.76. The summed E-state index contributed by atoms with van der Waals surface area (Å²) in [5.74, 6) is 1.42. The molecule has 2 rings (SSSR count). The first kappa shape index (κ1) is 11.5. The number of hydrogen-bond donors (Lipinski definition) is 1. The van der Waals surface area contributed by atoms with E-state index >= 15 is 0 Å². The van der Waals surface area contributed by atoms with Gasteiger partial charge in [-0.3, -0.25) is 4.79 Å². The van der Waals surface area contributed by atoms with Crippen LogP contribution in [0.5, 0.6) is 5.75 Å². The number of rotatable bonds is 4. The SMILES string of the molecule is COc1ccc(C(=O)NCC2CC2)cc1Br. The fourth-order valence-electron chi connectivity index (χ4n) is 1.47. The van der Waals surface area contributed by atoms with Crippen LogP contribution in [0.2, 0.25) is 0 Å². The van der Waals surface area contributed by atoms with Crippen molar-refractivity contribution in [2.75, 3.05) is 13.7 Å². The van der Waals surface area contributed by atoms with E-state index in [1.807, 2.05) is 0 Å². The van der Waals surface area contributed by atoms with Crippen LogP contribution in [-0.2, 0) is 0 Å². The van der Waals surface area contributed by atoms with Crippen molar-refractivity contribution in [3.8, 4) is 5.75 Å². The molecular weight excluding hydrogens is 270 g/mol. The Bertz CT molecular complexity index is 402. The van der Waals surface area contributed by atoms with Crippen LogP contribution in [0.15, 0.2) is 22.7 Å². The summed E-state index contributed by atoms with van der Waals surface area (Å²) in [7, 11) is 1.60. The average Bonchev–Trinajstić information content (AvgIpc) is 3.09. The number of hydrogen-bond acceptors (Lipinski definition) is 2. The fourth-order valence-corrected chi connectivity index (χ4v) is 2.01. The average molecular weight is 284 g/mol. The van der Waals surface area contributed by atoms with Crippen molar-refractivity contribution in [3.63, 3.8) is 0 Å². The van der Waals surface area contributed by atoms with Crippen LogP contribution in [0.25, 0.3) is 0 Å². The number of carbonyl (C=O) groups is 1. The second kappa shape index (κ2) is 4.87. The quantitative estimate of drug-likeness (QED) is 0.923. The lowest BCUT2D eigenvalue weighted by Crippen LogP contribution is -2.25. The van der Waals surface area contributed by atoms with Crippen LogP contribution in [0.3, 0.4) is 0 Å². The highest BCUT2D eigenvalue weighted by Gasteiger charge is 2.21. The predicted molar refractivity (Wildman–Crippen MR) is 65.8 cm³/mol. The first-order valence-electron chi connectivity index (χ1n) is 5.32. The molecule has 0 aromatic heterocycles. The van der Waals surface area contributed by atoms with Crippen molar-refractivity contribution >= 4 is 21.8 Å². The Morgan fingerprint density at radius 3 is 2.88 bits per heavy atom.